The third-order valence-corrected chi connectivity index (χ3v) is 2.92. The van der Waals surface area contributed by atoms with Gasteiger partial charge in [-0.1, -0.05) is 6.92 Å². The van der Waals surface area contributed by atoms with E-state index in [1.807, 2.05) is 13.2 Å². The Hall–Kier alpha value is -0.610. The fourth-order valence-electron chi connectivity index (χ4n) is 1.96. The van der Waals surface area contributed by atoms with Crippen molar-refractivity contribution >= 4 is 36.3 Å². The number of aromatic nitrogens is 2. The molecule has 0 aromatic carbocycles. The van der Waals surface area contributed by atoms with Crippen molar-refractivity contribution in [2.45, 2.75) is 19.8 Å². The molecule has 0 radical (unpaired) electrons. The predicted octanol–water partition coefficient (Wildman–Crippen LogP) is 2.08. The highest BCUT2D eigenvalue weighted by Gasteiger charge is 2.19. The average molecular weight is 267 g/mol. The number of hydrogen-bond acceptors (Lipinski definition) is 3. The summed E-state index contributed by atoms with van der Waals surface area (Å²) in [7, 11) is 1.91. The van der Waals surface area contributed by atoms with E-state index in [1.54, 1.807) is 4.68 Å². The van der Waals surface area contributed by atoms with Crippen LogP contribution in [0.2, 0.25) is 0 Å². The molecule has 1 saturated heterocycles. The van der Waals surface area contributed by atoms with Gasteiger partial charge in [0, 0.05) is 26.3 Å². The number of nitrogen functional groups attached to an aromatic ring is 1. The summed E-state index contributed by atoms with van der Waals surface area (Å²) in [6.07, 6.45) is 4.36. The van der Waals surface area contributed by atoms with Crippen LogP contribution in [0.3, 0.4) is 0 Å². The van der Waals surface area contributed by atoms with E-state index in [1.165, 1.54) is 12.8 Å². The van der Waals surface area contributed by atoms with E-state index in [4.69, 9.17) is 5.73 Å². The number of anilines is 2. The van der Waals surface area contributed by atoms with Gasteiger partial charge >= 0.3 is 0 Å². The quantitative estimate of drug-likeness (QED) is 0.847. The van der Waals surface area contributed by atoms with E-state index in [2.05, 4.69) is 16.9 Å². The monoisotopic (exact) mass is 266 g/mol. The van der Waals surface area contributed by atoms with Crippen molar-refractivity contribution in [3.63, 3.8) is 0 Å². The molecule has 2 rings (SSSR count). The predicted molar refractivity (Wildman–Crippen MR) is 72.7 cm³/mol. The van der Waals surface area contributed by atoms with Gasteiger partial charge in [-0.3, -0.25) is 4.68 Å². The van der Waals surface area contributed by atoms with Gasteiger partial charge in [0.1, 0.15) is 0 Å². The molecule has 2 heterocycles. The number of nitrogens with zero attached hydrogens (tertiary/aromatic N) is 3. The SMILES string of the molecule is CC1CCN(c2nn(C)cc2N)CC1.Cl.Cl. The Labute approximate surface area is 109 Å². The van der Waals surface area contributed by atoms with E-state index in [-0.39, 0.29) is 24.8 Å². The number of rotatable bonds is 1. The van der Waals surface area contributed by atoms with Crippen LogP contribution < -0.4 is 10.6 Å². The van der Waals surface area contributed by atoms with Crippen LogP contribution in [0.1, 0.15) is 19.8 Å². The van der Waals surface area contributed by atoms with Crippen molar-refractivity contribution in [3.05, 3.63) is 6.20 Å². The first-order valence-corrected chi connectivity index (χ1v) is 5.21. The van der Waals surface area contributed by atoms with E-state index in [0.717, 1.165) is 30.5 Å². The molecule has 1 fully saturated rings. The zero-order valence-corrected chi connectivity index (χ0v) is 11.4. The van der Waals surface area contributed by atoms with Gasteiger partial charge in [0.05, 0.1) is 5.69 Å². The van der Waals surface area contributed by atoms with Gasteiger partial charge in [0.15, 0.2) is 5.82 Å². The van der Waals surface area contributed by atoms with Gasteiger partial charge in [-0.2, -0.15) is 5.10 Å². The van der Waals surface area contributed by atoms with E-state index in [0.29, 0.717) is 0 Å². The Morgan fingerprint density at radius 3 is 2.31 bits per heavy atom. The molecular formula is C10H20Cl2N4. The van der Waals surface area contributed by atoms with E-state index in [9.17, 15) is 0 Å². The van der Waals surface area contributed by atoms with Crippen LogP contribution in [0.5, 0.6) is 0 Å². The third-order valence-electron chi connectivity index (χ3n) is 2.92. The molecule has 0 aliphatic carbocycles. The lowest BCUT2D eigenvalue weighted by Crippen LogP contribution is -2.33. The van der Waals surface area contributed by atoms with Crippen molar-refractivity contribution in [2.24, 2.45) is 13.0 Å². The van der Waals surface area contributed by atoms with Crippen molar-refractivity contribution in [3.8, 4) is 0 Å². The highest BCUT2D eigenvalue weighted by atomic mass is 35.5. The highest BCUT2D eigenvalue weighted by Crippen LogP contribution is 2.25. The highest BCUT2D eigenvalue weighted by molar-refractivity contribution is 5.85. The minimum absolute atomic E-state index is 0. The molecule has 6 heteroatoms. The van der Waals surface area contributed by atoms with Crippen LogP contribution in [0.25, 0.3) is 0 Å². The molecule has 4 nitrogen and oxygen atoms in total. The summed E-state index contributed by atoms with van der Waals surface area (Å²) in [5.74, 6) is 1.80. The molecule has 0 amide bonds. The molecule has 94 valence electrons. The van der Waals surface area contributed by atoms with Gasteiger partial charge in [0.2, 0.25) is 0 Å². The molecule has 0 spiro atoms. The average Bonchev–Trinajstić information content (AvgIpc) is 2.47. The molecule has 0 saturated carbocycles. The minimum atomic E-state index is 0. The van der Waals surface area contributed by atoms with Crippen molar-refractivity contribution in [1.29, 1.82) is 0 Å². The Morgan fingerprint density at radius 2 is 1.88 bits per heavy atom. The summed E-state index contributed by atoms with van der Waals surface area (Å²) in [5.41, 5.74) is 6.68. The lowest BCUT2D eigenvalue weighted by atomic mass is 9.99. The molecule has 2 N–H and O–H groups in total. The summed E-state index contributed by atoms with van der Waals surface area (Å²) in [6.45, 7) is 4.48. The van der Waals surface area contributed by atoms with E-state index >= 15 is 0 Å². The zero-order chi connectivity index (χ0) is 10.1. The second-order valence-electron chi connectivity index (χ2n) is 4.25. The molecule has 0 unspecified atom stereocenters. The molecular weight excluding hydrogens is 247 g/mol. The lowest BCUT2D eigenvalue weighted by molar-refractivity contribution is 0.436. The maximum Gasteiger partial charge on any atom is 0.173 e. The molecule has 16 heavy (non-hydrogen) atoms. The summed E-state index contributed by atoms with van der Waals surface area (Å²) in [4.78, 5) is 2.29. The van der Waals surface area contributed by atoms with Gasteiger partial charge in [-0.15, -0.1) is 24.8 Å². The first-order chi connectivity index (χ1) is 6.66. The molecule has 1 aliphatic rings. The number of nitrogens with two attached hydrogens (primary N) is 1. The normalized spacial score (nSPS) is 16.5. The molecule has 0 atom stereocenters. The maximum absolute atomic E-state index is 5.88. The summed E-state index contributed by atoms with van der Waals surface area (Å²) < 4.78 is 1.78. The summed E-state index contributed by atoms with van der Waals surface area (Å²) in [5, 5.41) is 4.38. The third kappa shape index (κ3) is 3.19. The second-order valence-corrected chi connectivity index (χ2v) is 4.25. The number of piperidine rings is 1. The van der Waals surface area contributed by atoms with Crippen LogP contribution in [-0.4, -0.2) is 22.9 Å². The lowest BCUT2D eigenvalue weighted by Gasteiger charge is -2.30. The van der Waals surface area contributed by atoms with Gasteiger partial charge in [-0.25, -0.2) is 0 Å². The second kappa shape index (κ2) is 6.21. The Morgan fingerprint density at radius 1 is 1.31 bits per heavy atom. The molecule has 1 aromatic rings. The first-order valence-electron chi connectivity index (χ1n) is 5.21. The fraction of sp³-hybridized carbons (Fsp3) is 0.700. The first kappa shape index (κ1) is 15.4. The Bertz CT molecular complexity index is 319. The van der Waals surface area contributed by atoms with Crippen molar-refractivity contribution < 1.29 is 0 Å². The molecule has 1 aliphatic heterocycles. The summed E-state index contributed by atoms with van der Waals surface area (Å²) >= 11 is 0. The van der Waals surface area contributed by atoms with E-state index < -0.39 is 0 Å². The number of halogens is 2. The Balaban J connectivity index is 0.00000112. The number of hydrogen-bond donors (Lipinski definition) is 1. The Kier molecular flexibility index (Phi) is 5.97. The smallest absolute Gasteiger partial charge is 0.173 e. The largest absolute Gasteiger partial charge is 0.394 e. The van der Waals surface area contributed by atoms with Crippen LogP contribution in [0.4, 0.5) is 11.5 Å². The van der Waals surface area contributed by atoms with Crippen LogP contribution in [0, 0.1) is 5.92 Å². The number of aryl methyl sites for hydroxylation is 1. The van der Waals surface area contributed by atoms with Crippen molar-refractivity contribution in [1.82, 2.24) is 9.78 Å². The molecule has 1 aromatic heterocycles. The van der Waals surface area contributed by atoms with Gasteiger partial charge in [0.25, 0.3) is 0 Å². The van der Waals surface area contributed by atoms with Crippen LogP contribution >= 0.6 is 24.8 Å². The standard InChI is InChI=1S/C10H18N4.2ClH/c1-8-3-5-14(6-4-8)10-9(11)7-13(2)12-10;;/h7-8H,3-6,11H2,1-2H3;2*1H. The van der Waals surface area contributed by atoms with Gasteiger partial charge < -0.3 is 10.6 Å². The topological polar surface area (TPSA) is 47.1 Å². The van der Waals surface area contributed by atoms with Crippen LogP contribution in [0.15, 0.2) is 6.20 Å². The van der Waals surface area contributed by atoms with Gasteiger partial charge in [-0.05, 0) is 18.8 Å². The summed E-state index contributed by atoms with van der Waals surface area (Å²) in [6, 6.07) is 0. The molecule has 0 bridgehead atoms. The van der Waals surface area contributed by atoms with Crippen molar-refractivity contribution in [2.75, 3.05) is 23.7 Å². The minimum Gasteiger partial charge on any atom is -0.394 e. The zero-order valence-electron chi connectivity index (χ0n) is 9.72. The maximum atomic E-state index is 5.88. The fourth-order valence-corrected chi connectivity index (χ4v) is 1.96. The van der Waals surface area contributed by atoms with Crippen LogP contribution in [-0.2, 0) is 7.05 Å².